The van der Waals surface area contributed by atoms with Crippen LogP contribution in [0.25, 0.3) is 10.8 Å². The van der Waals surface area contributed by atoms with Gasteiger partial charge in [-0.25, -0.2) is 0 Å². The first-order chi connectivity index (χ1) is 8.50. The smallest absolute Gasteiger partial charge is 0.282 e. The zero-order chi connectivity index (χ0) is 13.6. The molecular weight excluding hydrogens is 259 g/mol. The molecule has 0 saturated carbocycles. The molecule has 0 fully saturated rings. The van der Waals surface area contributed by atoms with Gasteiger partial charge in [0.05, 0.1) is 0 Å². The van der Waals surface area contributed by atoms with E-state index in [2.05, 4.69) is 6.58 Å². The third kappa shape index (κ3) is 4.23. The Kier molecular flexibility index (Phi) is 6.05. The Morgan fingerprint density at radius 2 is 1.72 bits per heavy atom. The van der Waals surface area contributed by atoms with Gasteiger partial charge in [-0.05, 0) is 11.5 Å². The average Bonchev–Trinajstić information content (AvgIpc) is 2.37. The molecule has 0 saturated heterocycles. The molecule has 0 bridgehead atoms. The molecule has 0 aliphatic heterocycles. The molecule has 2 rings (SSSR count). The van der Waals surface area contributed by atoms with Crippen molar-refractivity contribution < 1.29 is 13.0 Å². The number of allylic oxidation sites excluding steroid dienone is 1. The first-order valence-corrected chi connectivity index (χ1v) is 8.42. The standard InChI is InChI=1S/C10H8O3S.C3H5.Na/c11-14(12,13)10-7-3-5-8-4-1-2-6-9(8)10;1-3-2;/h1-7H,(H,11,12,13);3H,1-2H2;. The van der Waals surface area contributed by atoms with Crippen LogP contribution in [0.4, 0.5) is 0 Å². The van der Waals surface area contributed by atoms with E-state index in [4.69, 9.17) is 4.55 Å². The molecule has 5 heteroatoms. The minimum Gasteiger partial charge on any atom is -0.282 e. The van der Waals surface area contributed by atoms with Crippen LogP contribution in [0.2, 0.25) is 3.67 Å². The molecule has 0 unspecified atom stereocenters. The van der Waals surface area contributed by atoms with Crippen molar-refractivity contribution >= 4 is 48.8 Å². The molecule has 0 heterocycles. The van der Waals surface area contributed by atoms with Gasteiger partial charge in [0.15, 0.2) is 0 Å². The van der Waals surface area contributed by atoms with E-state index in [1.54, 1.807) is 30.3 Å². The van der Waals surface area contributed by atoms with E-state index in [-0.39, 0.29) is 4.90 Å². The molecule has 2 aromatic carbocycles. The van der Waals surface area contributed by atoms with Gasteiger partial charge in [0.25, 0.3) is 10.1 Å². The summed E-state index contributed by atoms with van der Waals surface area (Å²) in [4.78, 5) is -0.0457. The van der Waals surface area contributed by atoms with Crippen LogP contribution >= 0.6 is 0 Å². The fraction of sp³-hybridized carbons (Fsp3) is 0.0769. The molecule has 0 atom stereocenters. The van der Waals surface area contributed by atoms with Crippen LogP contribution in [0.3, 0.4) is 0 Å². The van der Waals surface area contributed by atoms with Gasteiger partial charge in [0, 0.05) is 5.39 Å². The van der Waals surface area contributed by atoms with Gasteiger partial charge in [-0.15, -0.1) is 0 Å². The van der Waals surface area contributed by atoms with Crippen molar-refractivity contribution in [1.29, 1.82) is 0 Å². The molecule has 3 nitrogen and oxygen atoms in total. The topological polar surface area (TPSA) is 54.4 Å². The number of benzene rings is 2. The zero-order valence-corrected chi connectivity index (χ0v) is 13.0. The second-order valence-electron chi connectivity index (χ2n) is 3.65. The van der Waals surface area contributed by atoms with Gasteiger partial charge < -0.3 is 0 Å². The summed E-state index contributed by atoms with van der Waals surface area (Å²) >= 11 is 1.27. The van der Waals surface area contributed by atoms with Gasteiger partial charge in [0.2, 0.25) is 0 Å². The Labute approximate surface area is 125 Å². The molecule has 90 valence electrons. The van der Waals surface area contributed by atoms with Crippen LogP contribution in [0, 0.1) is 0 Å². The van der Waals surface area contributed by atoms with Gasteiger partial charge in [-0.2, -0.15) is 8.42 Å². The third-order valence-electron chi connectivity index (χ3n) is 2.32. The van der Waals surface area contributed by atoms with Crippen molar-refractivity contribution in [3.63, 3.8) is 0 Å². The number of hydrogen-bond donors (Lipinski definition) is 1. The van der Waals surface area contributed by atoms with E-state index < -0.39 is 10.1 Å². The first-order valence-electron chi connectivity index (χ1n) is 5.57. The van der Waals surface area contributed by atoms with E-state index in [1.807, 2.05) is 12.1 Å². The van der Waals surface area contributed by atoms with Crippen LogP contribution in [0.5, 0.6) is 0 Å². The maximum absolute atomic E-state index is 11.0. The fourth-order valence-electron chi connectivity index (χ4n) is 1.42. The normalized spacial score (nSPS) is 10.6. The maximum Gasteiger partial charge on any atom is 0.295 e. The SMILES string of the molecule is C=C[CH2][Na].O=S(=O)(O)c1cccc2ccccc12. The monoisotopic (exact) mass is 272 g/mol. The molecule has 0 amide bonds. The van der Waals surface area contributed by atoms with Crippen LogP contribution < -0.4 is 0 Å². The van der Waals surface area contributed by atoms with E-state index >= 15 is 0 Å². The first kappa shape index (κ1) is 15.4. The second-order valence-corrected chi connectivity index (χ2v) is 5.86. The van der Waals surface area contributed by atoms with Crippen LogP contribution in [0.1, 0.15) is 0 Å². The Balaban J connectivity index is 0.000000357. The Morgan fingerprint density at radius 1 is 1.17 bits per heavy atom. The summed E-state index contributed by atoms with van der Waals surface area (Å²) in [6.45, 7) is 3.51. The Hall–Kier alpha value is -0.650. The summed E-state index contributed by atoms with van der Waals surface area (Å²) in [7, 11) is -4.13. The minimum absolute atomic E-state index is 0.0457. The van der Waals surface area contributed by atoms with E-state index in [9.17, 15) is 8.42 Å². The predicted molar refractivity (Wildman–Crippen MR) is 74.5 cm³/mol. The summed E-state index contributed by atoms with van der Waals surface area (Å²) in [5, 5.41) is 1.33. The Morgan fingerprint density at radius 3 is 2.28 bits per heavy atom. The number of fused-ring (bicyclic) bond motifs is 1. The molecule has 0 radical (unpaired) electrons. The molecule has 0 aliphatic carbocycles. The fourth-order valence-corrected chi connectivity index (χ4v) is 2.13. The molecule has 0 spiro atoms. The maximum atomic E-state index is 11.0. The predicted octanol–water partition coefficient (Wildman–Crippen LogP) is 2.85. The minimum atomic E-state index is -4.13. The summed E-state index contributed by atoms with van der Waals surface area (Å²) in [5.74, 6) is 0. The largest absolute Gasteiger partial charge is 0.295 e. The molecule has 1 N–H and O–H groups in total. The van der Waals surface area contributed by atoms with Crippen molar-refractivity contribution in [1.82, 2.24) is 0 Å². The zero-order valence-electron chi connectivity index (χ0n) is 10.2. The number of hydrogen-bond acceptors (Lipinski definition) is 2. The van der Waals surface area contributed by atoms with Gasteiger partial charge >= 0.3 is 44.3 Å². The van der Waals surface area contributed by atoms with Crippen LogP contribution in [-0.2, 0) is 10.1 Å². The van der Waals surface area contributed by atoms with Crippen LogP contribution in [-0.4, -0.2) is 40.9 Å². The van der Waals surface area contributed by atoms with Crippen molar-refractivity contribution in [2.75, 3.05) is 0 Å². The van der Waals surface area contributed by atoms with E-state index in [1.165, 1.54) is 37.7 Å². The molecule has 0 aromatic heterocycles. The van der Waals surface area contributed by atoms with Crippen molar-refractivity contribution in [3.05, 3.63) is 55.1 Å². The second kappa shape index (κ2) is 7.07. The summed E-state index contributed by atoms with van der Waals surface area (Å²) < 4.78 is 32.2. The molecular formula is C13H13NaO3S. The van der Waals surface area contributed by atoms with Gasteiger partial charge in [-0.1, -0.05) is 36.4 Å². The summed E-state index contributed by atoms with van der Waals surface area (Å²) in [6, 6.07) is 11.8. The average molecular weight is 272 g/mol. The van der Waals surface area contributed by atoms with Crippen molar-refractivity contribution in [2.24, 2.45) is 0 Å². The Bertz CT molecular complexity index is 630. The van der Waals surface area contributed by atoms with Gasteiger partial charge in [-0.3, -0.25) is 4.55 Å². The molecule has 0 aliphatic rings. The summed E-state index contributed by atoms with van der Waals surface area (Å²) in [6.07, 6.45) is 1.94. The quantitative estimate of drug-likeness (QED) is 0.519. The van der Waals surface area contributed by atoms with Crippen molar-refractivity contribution in [2.45, 2.75) is 8.57 Å². The molecule has 2 aromatic rings. The summed E-state index contributed by atoms with van der Waals surface area (Å²) in [5.41, 5.74) is 0. The van der Waals surface area contributed by atoms with Gasteiger partial charge in [0.1, 0.15) is 4.90 Å². The van der Waals surface area contributed by atoms with Crippen molar-refractivity contribution in [3.8, 4) is 0 Å². The third-order valence-corrected chi connectivity index (χ3v) is 3.81. The van der Waals surface area contributed by atoms with Crippen LogP contribution in [0.15, 0.2) is 60.0 Å². The van der Waals surface area contributed by atoms with E-state index in [0.29, 0.717) is 5.39 Å². The van der Waals surface area contributed by atoms with E-state index in [0.717, 1.165) is 5.39 Å². The number of rotatable bonds is 2. The molecule has 18 heavy (non-hydrogen) atoms.